The van der Waals surface area contributed by atoms with Crippen molar-refractivity contribution < 1.29 is 14.3 Å². The first-order valence-electron chi connectivity index (χ1n) is 8.00. The van der Waals surface area contributed by atoms with Crippen LogP contribution in [0.1, 0.15) is 53.9 Å². The molecule has 1 heterocycles. The number of ether oxygens (including phenoxy) is 1. The van der Waals surface area contributed by atoms with E-state index in [1.54, 1.807) is 18.7 Å². The highest BCUT2D eigenvalue weighted by Gasteiger charge is 2.44. The minimum Gasteiger partial charge on any atom is -0.380 e. The summed E-state index contributed by atoms with van der Waals surface area (Å²) < 4.78 is 5.56. The molecule has 1 N–H and O–H groups in total. The maximum absolute atomic E-state index is 12.6. The standard InChI is InChI=1S/C16H30N2O3/c1-6-7-9-21-10-8-18-13(11-12(2)3)14(19)17-16(4,5)15(18)20/h12-13H,6-11H2,1-5H3,(H,17,19). The van der Waals surface area contributed by atoms with Crippen LogP contribution in [0.2, 0.25) is 0 Å². The minimum absolute atomic E-state index is 0.0214. The van der Waals surface area contributed by atoms with Crippen molar-refractivity contribution in [3.05, 3.63) is 0 Å². The molecular formula is C16H30N2O3. The summed E-state index contributed by atoms with van der Waals surface area (Å²) in [6.45, 7) is 11.4. The number of carbonyl (C=O) groups excluding carboxylic acids is 2. The van der Waals surface area contributed by atoms with Crippen LogP contribution in [0.15, 0.2) is 0 Å². The van der Waals surface area contributed by atoms with E-state index >= 15 is 0 Å². The Morgan fingerprint density at radius 3 is 2.52 bits per heavy atom. The summed E-state index contributed by atoms with van der Waals surface area (Å²) in [6, 6.07) is -0.375. The summed E-state index contributed by atoms with van der Waals surface area (Å²) in [5.74, 6) is 0.284. The molecule has 1 unspecified atom stereocenters. The minimum atomic E-state index is -0.825. The molecule has 1 saturated heterocycles. The predicted molar refractivity (Wildman–Crippen MR) is 82.9 cm³/mol. The summed E-state index contributed by atoms with van der Waals surface area (Å²) in [5.41, 5.74) is -0.825. The smallest absolute Gasteiger partial charge is 0.248 e. The van der Waals surface area contributed by atoms with Crippen molar-refractivity contribution in [1.82, 2.24) is 10.2 Å². The number of carbonyl (C=O) groups is 2. The zero-order valence-electron chi connectivity index (χ0n) is 14.1. The van der Waals surface area contributed by atoms with Gasteiger partial charge in [0.1, 0.15) is 11.6 Å². The van der Waals surface area contributed by atoms with Gasteiger partial charge in [0.05, 0.1) is 6.61 Å². The molecule has 1 aliphatic heterocycles. The van der Waals surface area contributed by atoms with Gasteiger partial charge in [-0.05, 0) is 32.6 Å². The largest absolute Gasteiger partial charge is 0.380 e. The molecule has 21 heavy (non-hydrogen) atoms. The molecule has 0 aromatic rings. The molecule has 122 valence electrons. The molecule has 0 spiro atoms. The third kappa shape index (κ3) is 4.99. The van der Waals surface area contributed by atoms with Crippen LogP contribution >= 0.6 is 0 Å². The third-order valence-electron chi connectivity index (χ3n) is 3.72. The van der Waals surface area contributed by atoms with Gasteiger partial charge in [0.2, 0.25) is 11.8 Å². The fraction of sp³-hybridized carbons (Fsp3) is 0.875. The van der Waals surface area contributed by atoms with Crippen LogP contribution < -0.4 is 5.32 Å². The molecule has 2 amide bonds. The van der Waals surface area contributed by atoms with E-state index < -0.39 is 5.54 Å². The molecular weight excluding hydrogens is 268 g/mol. The van der Waals surface area contributed by atoms with Crippen LogP contribution in [0.4, 0.5) is 0 Å². The maximum Gasteiger partial charge on any atom is 0.248 e. The number of amides is 2. The van der Waals surface area contributed by atoms with Gasteiger partial charge in [0.25, 0.3) is 0 Å². The lowest BCUT2D eigenvalue weighted by atomic mass is 9.92. The second-order valence-electron chi connectivity index (χ2n) is 6.72. The van der Waals surface area contributed by atoms with E-state index in [0.717, 1.165) is 12.8 Å². The summed E-state index contributed by atoms with van der Waals surface area (Å²) in [4.78, 5) is 26.5. The van der Waals surface area contributed by atoms with E-state index in [2.05, 4.69) is 26.1 Å². The van der Waals surface area contributed by atoms with Gasteiger partial charge in [-0.3, -0.25) is 9.59 Å². The van der Waals surface area contributed by atoms with Crippen LogP contribution in [0, 0.1) is 5.92 Å². The zero-order chi connectivity index (χ0) is 16.0. The topological polar surface area (TPSA) is 58.6 Å². The van der Waals surface area contributed by atoms with Crippen molar-refractivity contribution in [3.63, 3.8) is 0 Å². The number of unbranched alkanes of at least 4 members (excludes halogenated alkanes) is 1. The fourth-order valence-corrected chi connectivity index (χ4v) is 2.54. The van der Waals surface area contributed by atoms with E-state index in [0.29, 0.717) is 32.1 Å². The monoisotopic (exact) mass is 298 g/mol. The highest BCUT2D eigenvalue weighted by atomic mass is 16.5. The van der Waals surface area contributed by atoms with Crippen molar-refractivity contribution in [2.24, 2.45) is 5.92 Å². The van der Waals surface area contributed by atoms with Crippen molar-refractivity contribution in [2.45, 2.75) is 65.5 Å². The molecule has 1 rings (SSSR count). The molecule has 0 radical (unpaired) electrons. The van der Waals surface area contributed by atoms with Crippen molar-refractivity contribution in [3.8, 4) is 0 Å². The normalized spacial score (nSPS) is 21.8. The number of hydrogen-bond acceptors (Lipinski definition) is 3. The number of piperazine rings is 1. The first-order chi connectivity index (χ1) is 9.79. The van der Waals surface area contributed by atoms with Crippen LogP contribution in [0.3, 0.4) is 0 Å². The van der Waals surface area contributed by atoms with Crippen molar-refractivity contribution in [2.75, 3.05) is 19.8 Å². The van der Waals surface area contributed by atoms with Gasteiger partial charge in [0.15, 0.2) is 0 Å². The zero-order valence-corrected chi connectivity index (χ0v) is 14.1. The summed E-state index contributed by atoms with van der Waals surface area (Å²) in [7, 11) is 0. The van der Waals surface area contributed by atoms with Gasteiger partial charge >= 0.3 is 0 Å². The maximum atomic E-state index is 12.6. The number of rotatable bonds is 8. The number of hydrogen-bond donors (Lipinski definition) is 1. The van der Waals surface area contributed by atoms with Gasteiger partial charge in [-0.2, -0.15) is 0 Å². The first-order valence-corrected chi connectivity index (χ1v) is 8.00. The van der Waals surface area contributed by atoms with Crippen LogP contribution in [0.25, 0.3) is 0 Å². The molecule has 1 atom stereocenters. The Kier molecular flexibility index (Phi) is 6.65. The van der Waals surface area contributed by atoms with Gasteiger partial charge < -0.3 is 15.0 Å². The lowest BCUT2D eigenvalue weighted by Crippen LogP contribution is -2.68. The number of nitrogens with zero attached hydrogens (tertiary/aromatic N) is 1. The molecule has 0 aromatic heterocycles. The Morgan fingerprint density at radius 2 is 1.95 bits per heavy atom. The predicted octanol–water partition coefficient (Wildman–Crippen LogP) is 1.95. The Morgan fingerprint density at radius 1 is 1.29 bits per heavy atom. The summed E-state index contributed by atoms with van der Waals surface area (Å²) in [5, 5.41) is 2.83. The molecule has 0 saturated carbocycles. The second kappa shape index (κ2) is 7.78. The highest BCUT2D eigenvalue weighted by molar-refractivity contribution is 5.99. The highest BCUT2D eigenvalue weighted by Crippen LogP contribution is 2.22. The molecule has 5 heteroatoms. The molecule has 1 fully saturated rings. The van der Waals surface area contributed by atoms with Gasteiger partial charge in [0, 0.05) is 13.2 Å². The van der Waals surface area contributed by atoms with E-state index in [-0.39, 0.29) is 17.9 Å². The number of nitrogens with one attached hydrogen (secondary N) is 1. The second-order valence-corrected chi connectivity index (χ2v) is 6.72. The first kappa shape index (κ1) is 18.0. The van der Waals surface area contributed by atoms with E-state index in [9.17, 15) is 9.59 Å². The molecule has 0 aliphatic carbocycles. The van der Waals surface area contributed by atoms with Crippen LogP contribution in [-0.2, 0) is 14.3 Å². The Labute approximate surface area is 128 Å². The lowest BCUT2D eigenvalue weighted by Gasteiger charge is -2.43. The Hall–Kier alpha value is -1.10. The fourth-order valence-electron chi connectivity index (χ4n) is 2.54. The van der Waals surface area contributed by atoms with Crippen LogP contribution in [-0.4, -0.2) is 48.1 Å². The Bertz CT molecular complexity index is 367. The quantitative estimate of drug-likeness (QED) is 0.697. The van der Waals surface area contributed by atoms with Crippen molar-refractivity contribution >= 4 is 11.8 Å². The average molecular weight is 298 g/mol. The van der Waals surface area contributed by atoms with Gasteiger partial charge in [-0.15, -0.1) is 0 Å². The van der Waals surface area contributed by atoms with E-state index in [1.165, 1.54) is 0 Å². The average Bonchev–Trinajstić information content (AvgIpc) is 2.38. The molecule has 5 nitrogen and oxygen atoms in total. The van der Waals surface area contributed by atoms with Crippen LogP contribution in [0.5, 0.6) is 0 Å². The Balaban J connectivity index is 2.70. The molecule has 0 aromatic carbocycles. The van der Waals surface area contributed by atoms with E-state index in [4.69, 9.17) is 4.74 Å². The van der Waals surface area contributed by atoms with Gasteiger partial charge in [-0.25, -0.2) is 0 Å². The summed E-state index contributed by atoms with van der Waals surface area (Å²) >= 11 is 0. The van der Waals surface area contributed by atoms with Gasteiger partial charge in [-0.1, -0.05) is 27.2 Å². The lowest BCUT2D eigenvalue weighted by molar-refractivity contribution is -0.155. The molecule has 1 aliphatic rings. The summed E-state index contributed by atoms with van der Waals surface area (Å²) in [6.07, 6.45) is 2.80. The third-order valence-corrected chi connectivity index (χ3v) is 3.72. The van der Waals surface area contributed by atoms with Crippen molar-refractivity contribution in [1.29, 1.82) is 0 Å². The van der Waals surface area contributed by atoms with E-state index in [1.807, 2.05) is 0 Å². The molecule has 0 bridgehead atoms. The SMILES string of the molecule is CCCCOCCN1C(=O)C(C)(C)NC(=O)C1CC(C)C.